The third-order valence-corrected chi connectivity index (χ3v) is 4.06. The highest BCUT2D eigenvalue weighted by molar-refractivity contribution is 6.00. The molecule has 3 heteroatoms. The first-order chi connectivity index (χ1) is 10.0. The predicted octanol–water partition coefficient (Wildman–Crippen LogP) is 4.16. The fraction of sp³-hybridized carbons (Fsp3) is 0.167. The van der Waals surface area contributed by atoms with E-state index in [1.807, 2.05) is 30.7 Å². The van der Waals surface area contributed by atoms with E-state index in [1.165, 1.54) is 10.9 Å². The van der Waals surface area contributed by atoms with Crippen LogP contribution in [0.2, 0.25) is 0 Å². The van der Waals surface area contributed by atoms with Gasteiger partial charge < -0.3 is 9.67 Å². The Kier molecular flexibility index (Phi) is 3.05. The molecule has 1 N–H and O–H groups in total. The maximum Gasteiger partial charge on any atom is 0.337 e. The van der Waals surface area contributed by atoms with Gasteiger partial charge in [0, 0.05) is 18.8 Å². The molecular weight excluding hydrogens is 262 g/mol. The molecule has 0 aliphatic rings. The number of aryl methyl sites for hydroxylation is 2. The lowest BCUT2D eigenvalue weighted by molar-refractivity contribution is 0.0696. The van der Waals surface area contributed by atoms with Gasteiger partial charge in [0.15, 0.2) is 0 Å². The van der Waals surface area contributed by atoms with Gasteiger partial charge in [-0.3, -0.25) is 0 Å². The van der Waals surface area contributed by atoms with Gasteiger partial charge >= 0.3 is 5.97 Å². The summed E-state index contributed by atoms with van der Waals surface area (Å²) in [6, 6.07) is 12.4. The summed E-state index contributed by atoms with van der Waals surface area (Å²) in [4.78, 5) is 11.3. The van der Waals surface area contributed by atoms with Gasteiger partial charge in [0.2, 0.25) is 0 Å². The Morgan fingerprint density at radius 3 is 2.33 bits per heavy atom. The largest absolute Gasteiger partial charge is 0.478 e. The highest BCUT2D eigenvalue weighted by Gasteiger charge is 2.18. The highest BCUT2D eigenvalue weighted by atomic mass is 16.4. The van der Waals surface area contributed by atoms with Crippen molar-refractivity contribution in [2.24, 2.45) is 7.05 Å². The Bertz CT molecular complexity index is 859. The maximum absolute atomic E-state index is 11.3. The second-order valence-electron chi connectivity index (χ2n) is 5.41. The van der Waals surface area contributed by atoms with Crippen molar-refractivity contribution in [1.29, 1.82) is 0 Å². The van der Waals surface area contributed by atoms with Gasteiger partial charge in [-0.25, -0.2) is 4.79 Å². The van der Waals surface area contributed by atoms with Crippen molar-refractivity contribution in [3.8, 4) is 11.3 Å². The van der Waals surface area contributed by atoms with Crippen molar-refractivity contribution < 1.29 is 9.90 Å². The Balaban J connectivity index is 2.37. The summed E-state index contributed by atoms with van der Waals surface area (Å²) in [6.07, 6.45) is 1.68. The van der Waals surface area contributed by atoms with Crippen molar-refractivity contribution in [3.05, 3.63) is 59.3 Å². The average Bonchev–Trinajstić information content (AvgIpc) is 2.76. The quantitative estimate of drug-likeness (QED) is 0.765. The molecule has 2 aromatic carbocycles. The number of hydrogen-bond donors (Lipinski definition) is 1. The topological polar surface area (TPSA) is 42.2 Å². The molecule has 0 atom stereocenters. The number of hydrogen-bond acceptors (Lipinski definition) is 1. The Labute approximate surface area is 123 Å². The van der Waals surface area contributed by atoms with Crippen LogP contribution in [0.1, 0.15) is 21.5 Å². The molecule has 21 heavy (non-hydrogen) atoms. The molecule has 0 bridgehead atoms. The second kappa shape index (κ2) is 4.77. The van der Waals surface area contributed by atoms with E-state index in [0.29, 0.717) is 5.56 Å². The zero-order valence-corrected chi connectivity index (χ0v) is 12.3. The van der Waals surface area contributed by atoms with Crippen molar-refractivity contribution in [2.75, 3.05) is 0 Å². The smallest absolute Gasteiger partial charge is 0.337 e. The summed E-state index contributed by atoms with van der Waals surface area (Å²) < 4.78 is 1.90. The fourth-order valence-electron chi connectivity index (χ4n) is 3.01. The SMILES string of the molecule is Cc1c(C(=O)O)cn(C)c1-c1ccc(C)c2ccccc12. The number of rotatable bonds is 2. The van der Waals surface area contributed by atoms with Crippen LogP contribution in [-0.4, -0.2) is 15.6 Å². The van der Waals surface area contributed by atoms with E-state index in [9.17, 15) is 9.90 Å². The van der Waals surface area contributed by atoms with E-state index < -0.39 is 5.97 Å². The first kappa shape index (κ1) is 13.4. The van der Waals surface area contributed by atoms with Crippen molar-refractivity contribution in [1.82, 2.24) is 4.57 Å². The first-order valence-corrected chi connectivity index (χ1v) is 6.88. The third kappa shape index (κ3) is 2.02. The number of benzene rings is 2. The second-order valence-corrected chi connectivity index (χ2v) is 5.41. The van der Waals surface area contributed by atoms with E-state index in [0.717, 1.165) is 22.2 Å². The summed E-state index contributed by atoms with van der Waals surface area (Å²) in [7, 11) is 1.89. The highest BCUT2D eigenvalue weighted by Crippen LogP contribution is 2.34. The molecule has 3 rings (SSSR count). The number of aromatic carboxylic acids is 1. The van der Waals surface area contributed by atoms with Crippen LogP contribution >= 0.6 is 0 Å². The number of aromatic nitrogens is 1. The number of carboxylic acid groups (broad SMARTS) is 1. The van der Waals surface area contributed by atoms with Crippen LogP contribution in [0.4, 0.5) is 0 Å². The molecule has 0 amide bonds. The Hall–Kier alpha value is -2.55. The normalized spacial score (nSPS) is 11.0. The summed E-state index contributed by atoms with van der Waals surface area (Å²) in [5.41, 5.74) is 4.42. The predicted molar refractivity (Wildman–Crippen MR) is 84.8 cm³/mol. The summed E-state index contributed by atoms with van der Waals surface area (Å²) >= 11 is 0. The Morgan fingerprint density at radius 1 is 1.05 bits per heavy atom. The molecule has 3 nitrogen and oxygen atoms in total. The van der Waals surface area contributed by atoms with Crippen molar-refractivity contribution >= 4 is 16.7 Å². The lowest BCUT2D eigenvalue weighted by atomic mass is 9.96. The molecule has 1 heterocycles. The lowest BCUT2D eigenvalue weighted by Crippen LogP contribution is -1.96. The average molecular weight is 279 g/mol. The monoisotopic (exact) mass is 279 g/mol. The summed E-state index contributed by atoms with van der Waals surface area (Å²) in [6.45, 7) is 3.96. The van der Waals surface area contributed by atoms with Gasteiger partial charge in [0.1, 0.15) is 0 Å². The van der Waals surface area contributed by atoms with Gasteiger partial charge in [-0.15, -0.1) is 0 Å². The molecular formula is C18H17NO2. The molecule has 0 aliphatic heterocycles. The zero-order valence-electron chi connectivity index (χ0n) is 12.3. The number of nitrogens with zero attached hydrogens (tertiary/aromatic N) is 1. The molecule has 106 valence electrons. The lowest BCUT2D eigenvalue weighted by Gasteiger charge is -2.11. The van der Waals surface area contributed by atoms with Crippen LogP contribution in [-0.2, 0) is 7.05 Å². The summed E-state index contributed by atoms with van der Waals surface area (Å²) in [5.74, 6) is -0.884. The van der Waals surface area contributed by atoms with Crippen LogP contribution in [0.15, 0.2) is 42.6 Å². The number of carbonyl (C=O) groups is 1. The van der Waals surface area contributed by atoms with Gasteiger partial charge in [-0.2, -0.15) is 0 Å². The van der Waals surface area contributed by atoms with E-state index in [1.54, 1.807) is 6.20 Å². The molecule has 3 aromatic rings. The van der Waals surface area contributed by atoms with Crippen LogP contribution in [0.25, 0.3) is 22.0 Å². The number of fused-ring (bicyclic) bond motifs is 1. The molecule has 0 spiro atoms. The van der Waals surface area contributed by atoms with E-state index in [4.69, 9.17) is 0 Å². The van der Waals surface area contributed by atoms with Crippen LogP contribution < -0.4 is 0 Å². The minimum Gasteiger partial charge on any atom is -0.478 e. The maximum atomic E-state index is 11.3. The minimum absolute atomic E-state index is 0.358. The van der Waals surface area contributed by atoms with E-state index >= 15 is 0 Å². The minimum atomic E-state index is -0.884. The van der Waals surface area contributed by atoms with Crippen LogP contribution in [0, 0.1) is 13.8 Å². The molecule has 0 saturated heterocycles. The molecule has 0 fully saturated rings. The van der Waals surface area contributed by atoms with E-state index in [2.05, 4.69) is 31.2 Å². The van der Waals surface area contributed by atoms with E-state index in [-0.39, 0.29) is 0 Å². The van der Waals surface area contributed by atoms with Crippen molar-refractivity contribution in [3.63, 3.8) is 0 Å². The first-order valence-electron chi connectivity index (χ1n) is 6.88. The summed E-state index contributed by atoms with van der Waals surface area (Å²) in [5, 5.41) is 11.6. The fourth-order valence-corrected chi connectivity index (χ4v) is 3.01. The molecule has 0 saturated carbocycles. The molecule has 0 radical (unpaired) electrons. The third-order valence-electron chi connectivity index (χ3n) is 4.06. The standard InChI is InChI=1S/C18H17NO2/c1-11-8-9-15(14-7-5-4-6-13(11)14)17-12(2)16(18(20)21)10-19(17)3/h4-10H,1-3H3,(H,20,21). The van der Waals surface area contributed by atoms with Crippen molar-refractivity contribution in [2.45, 2.75) is 13.8 Å². The van der Waals surface area contributed by atoms with Gasteiger partial charge in [0.05, 0.1) is 11.3 Å². The molecule has 0 unspecified atom stereocenters. The zero-order chi connectivity index (χ0) is 15.1. The van der Waals surface area contributed by atoms with Gasteiger partial charge in [-0.1, -0.05) is 36.4 Å². The Morgan fingerprint density at radius 2 is 1.71 bits per heavy atom. The van der Waals surface area contributed by atoms with Gasteiger partial charge in [-0.05, 0) is 35.7 Å². The van der Waals surface area contributed by atoms with Crippen LogP contribution in [0.5, 0.6) is 0 Å². The molecule has 0 aliphatic carbocycles. The number of carboxylic acids is 1. The van der Waals surface area contributed by atoms with Crippen LogP contribution in [0.3, 0.4) is 0 Å². The van der Waals surface area contributed by atoms with Gasteiger partial charge in [0.25, 0.3) is 0 Å². The molecule has 1 aromatic heterocycles.